The first-order chi connectivity index (χ1) is 19.4. The number of pyridine rings is 1. The number of halogens is 4. The zero-order chi connectivity index (χ0) is 30.3. The van der Waals surface area contributed by atoms with Crippen LogP contribution in [-0.4, -0.2) is 48.9 Å². The Bertz CT molecular complexity index is 1390. The van der Waals surface area contributed by atoms with Gasteiger partial charge in [-0.1, -0.05) is 35.3 Å². The summed E-state index contributed by atoms with van der Waals surface area (Å²) in [5, 5.41) is 2.17. The molecule has 1 heterocycles. The lowest BCUT2D eigenvalue weighted by Crippen LogP contribution is -2.41. The number of carbonyl (C=O) groups is 3. The summed E-state index contributed by atoms with van der Waals surface area (Å²) in [6.45, 7) is 3.65. The summed E-state index contributed by atoms with van der Waals surface area (Å²) in [6.07, 6.45) is 0.395. The Kier molecular flexibility index (Phi) is 10.8. The molecule has 13 heteroatoms. The summed E-state index contributed by atoms with van der Waals surface area (Å²) < 4.78 is 48.7. The molecule has 0 saturated heterocycles. The second kappa shape index (κ2) is 14.1. The van der Waals surface area contributed by atoms with Gasteiger partial charge in [0.15, 0.2) is 17.2 Å². The van der Waals surface area contributed by atoms with Crippen molar-refractivity contribution >= 4 is 41.0 Å². The third-order valence-corrected chi connectivity index (χ3v) is 6.43. The van der Waals surface area contributed by atoms with Crippen LogP contribution in [0.25, 0.3) is 0 Å². The van der Waals surface area contributed by atoms with Crippen LogP contribution in [0.15, 0.2) is 48.7 Å². The summed E-state index contributed by atoms with van der Waals surface area (Å²) in [7, 11) is 1.34. The van der Waals surface area contributed by atoms with Crippen LogP contribution in [0.1, 0.15) is 48.3 Å². The van der Waals surface area contributed by atoms with Crippen molar-refractivity contribution < 1.29 is 42.1 Å². The first-order valence-corrected chi connectivity index (χ1v) is 12.9. The lowest BCUT2D eigenvalue weighted by molar-refractivity contribution is -0.151. The van der Waals surface area contributed by atoms with E-state index in [0.717, 1.165) is 12.1 Å². The number of ether oxygens (including phenoxy) is 4. The highest BCUT2D eigenvalue weighted by Crippen LogP contribution is 2.34. The van der Waals surface area contributed by atoms with Crippen molar-refractivity contribution in [2.75, 3.05) is 13.9 Å². The van der Waals surface area contributed by atoms with Gasteiger partial charge in [-0.3, -0.25) is 9.59 Å². The number of carbonyl (C=O) groups excluding carboxylic acids is 3. The largest absolute Gasteiger partial charge is 0.493 e. The highest BCUT2D eigenvalue weighted by Gasteiger charge is 2.30. The van der Waals surface area contributed by atoms with Gasteiger partial charge in [-0.05, 0) is 49.2 Å². The number of benzene rings is 2. The second-order valence-electron chi connectivity index (χ2n) is 8.75. The molecule has 0 spiro atoms. The molecular weight excluding hydrogens is 585 g/mol. The number of aromatic nitrogens is 1. The third kappa shape index (κ3) is 8.05. The maximum atomic E-state index is 13.9. The molecule has 0 radical (unpaired) electrons. The molecule has 218 valence electrons. The second-order valence-corrected chi connectivity index (χ2v) is 9.57. The minimum Gasteiger partial charge on any atom is -0.493 e. The van der Waals surface area contributed by atoms with Gasteiger partial charge in [0, 0.05) is 25.1 Å². The first-order valence-electron chi connectivity index (χ1n) is 12.1. The number of hydrogen-bond donors (Lipinski definition) is 1. The molecule has 0 unspecified atom stereocenters. The van der Waals surface area contributed by atoms with Crippen LogP contribution in [-0.2, 0) is 19.1 Å². The summed E-state index contributed by atoms with van der Waals surface area (Å²) in [5.74, 6) is -4.20. The number of amides is 1. The van der Waals surface area contributed by atoms with E-state index in [9.17, 15) is 23.2 Å². The zero-order valence-corrected chi connectivity index (χ0v) is 23.9. The van der Waals surface area contributed by atoms with Crippen LogP contribution in [0, 0.1) is 11.6 Å². The third-order valence-electron chi connectivity index (χ3n) is 5.85. The van der Waals surface area contributed by atoms with Gasteiger partial charge < -0.3 is 24.3 Å². The van der Waals surface area contributed by atoms with Gasteiger partial charge in [0.2, 0.25) is 6.79 Å². The number of nitrogens with one attached hydrogen (secondary N) is 1. The normalized spacial score (nSPS) is 12.3. The van der Waals surface area contributed by atoms with Crippen LogP contribution < -0.4 is 14.8 Å². The predicted molar refractivity (Wildman–Crippen MR) is 145 cm³/mol. The minimum atomic E-state index is -1.17. The summed E-state index contributed by atoms with van der Waals surface area (Å²) in [4.78, 5) is 41.1. The number of hydrogen-bond acceptors (Lipinski definition) is 8. The van der Waals surface area contributed by atoms with E-state index in [-0.39, 0.29) is 27.2 Å². The van der Waals surface area contributed by atoms with Crippen molar-refractivity contribution in [3.63, 3.8) is 0 Å². The van der Waals surface area contributed by atoms with Crippen LogP contribution in [0.4, 0.5) is 8.78 Å². The Hall–Kier alpha value is -3.96. The summed E-state index contributed by atoms with van der Waals surface area (Å²) in [5.41, 5.74) is 0.724. The number of esters is 2. The van der Waals surface area contributed by atoms with E-state index in [1.807, 2.05) is 0 Å². The van der Waals surface area contributed by atoms with Gasteiger partial charge in [-0.25, -0.2) is 18.6 Å². The molecule has 1 amide bonds. The van der Waals surface area contributed by atoms with E-state index in [0.29, 0.717) is 11.1 Å². The molecule has 9 nitrogen and oxygen atoms in total. The molecule has 0 aliphatic carbocycles. The van der Waals surface area contributed by atoms with Gasteiger partial charge in [0.1, 0.15) is 23.8 Å². The Labute approximate surface area is 244 Å². The first kappa shape index (κ1) is 31.6. The smallest absolute Gasteiger partial charge is 0.328 e. The van der Waals surface area contributed by atoms with Gasteiger partial charge >= 0.3 is 11.9 Å². The lowest BCUT2D eigenvalue weighted by Gasteiger charge is -2.27. The number of nitrogens with zero attached hydrogens (tertiary/aromatic N) is 1. The maximum Gasteiger partial charge on any atom is 0.328 e. The molecule has 0 saturated carbocycles. The maximum absolute atomic E-state index is 13.9. The van der Waals surface area contributed by atoms with Crippen molar-refractivity contribution in [3.05, 3.63) is 87.2 Å². The number of methoxy groups -OCH3 is 1. The van der Waals surface area contributed by atoms with Crippen LogP contribution in [0.3, 0.4) is 0 Å². The molecule has 3 rings (SSSR count). The lowest BCUT2D eigenvalue weighted by atomic mass is 9.87. The van der Waals surface area contributed by atoms with E-state index in [2.05, 4.69) is 10.3 Å². The molecule has 41 heavy (non-hydrogen) atoms. The molecule has 3 aromatic rings. The van der Waals surface area contributed by atoms with E-state index < -0.39 is 54.3 Å². The quantitative estimate of drug-likeness (QED) is 0.225. The number of rotatable bonds is 11. The zero-order valence-electron chi connectivity index (χ0n) is 22.4. The standard InChI is InChI=1S/C28H26Cl2F2N2O7/c1-14(34-27(36)25-26(40-13-39-16(3)35)23(38-4)9-10-33-25)28(37)41-15(2)24(17-5-7-21(31)19(29)11-17)18-6-8-22(32)20(30)12-18/h5-12,14-15,24H,13H2,1-4H3,(H,34,36)/t14-,15-/m0/s1. The fourth-order valence-corrected chi connectivity index (χ4v) is 4.27. The highest BCUT2D eigenvalue weighted by atomic mass is 35.5. The Morgan fingerprint density at radius 1 is 0.976 bits per heavy atom. The molecule has 1 N–H and O–H groups in total. The Morgan fingerprint density at radius 2 is 1.56 bits per heavy atom. The average Bonchev–Trinajstić information content (AvgIpc) is 2.92. The van der Waals surface area contributed by atoms with Crippen LogP contribution >= 0.6 is 23.2 Å². The van der Waals surface area contributed by atoms with Gasteiger partial charge in [0.05, 0.1) is 17.2 Å². The van der Waals surface area contributed by atoms with E-state index in [1.165, 1.54) is 57.5 Å². The van der Waals surface area contributed by atoms with Crippen molar-refractivity contribution in [1.82, 2.24) is 10.3 Å². The van der Waals surface area contributed by atoms with Crippen LogP contribution in [0.2, 0.25) is 10.0 Å². The minimum absolute atomic E-state index is 0.107. The fourth-order valence-electron chi connectivity index (χ4n) is 3.89. The molecule has 1 aromatic heterocycles. The monoisotopic (exact) mass is 610 g/mol. The molecule has 0 aliphatic heterocycles. The van der Waals surface area contributed by atoms with E-state index in [4.69, 9.17) is 42.1 Å². The fraction of sp³-hybridized carbons (Fsp3) is 0.286. The molecule has 2 atom stereocenters. The average molecular weight is 611 g/mol. The summed E-state index contributed by atoms with van der Waals surface area (Å²) in [6, 6.07) is 8.26. The predicted octanol–water partition coefficient (Wildman–Crippen LogP) is 5.46. The summed E-state index contributed by atoms with van der Waals surface area (Å²) >= 11 is 12.0. The van der Waals surface area contributed by atoms with Gasteiger partial charge in [-0.15, -0.1) is 0 Å². The topological polar surface area (TPSA) is 113 Å². The SMILES string of the molecule is COc1ccnc(C(=O)N[C@@H](C)C(=O)O[C@@H](C)C(c2ccc(F)c(Cl)c2)c2ccc(F)c(Cl)c2)c1OCOC(C)=O. The van der Waals surface area contributed by atoms with Crippen molar-refractivity contribution in [3.8, 4) is 11.5 Å². The molecule has 2 aromatic carbocycles. The molecule has 0 aliphatic rings. The van der Waals surface area contributed by atoms with Crippen LogP contribution in [0.5, 0.6) is 11.5 Å². The molecule has 0 bridgehead atoms. The molecule has 0 fully saturated rings. The van der Waals surface area contributed by atoms with Crippen molar-refractivity contribution in [1.29, 1.82) is 0 Å². The highest BCUT2D eigenvalue weighted by molar-refractivity contribution is 6.31. The van der Waals surface area contributed by atoms with Crippen molar-refractivity contribution in [2.24, 2.45) is 0 Å². The Balaban J connectivity index is 1.80. The van der Waals surface area contributed by atoms with E-state index >= 15 is 0 Å². The van der Waals surface area contributed by atoms with Crippen molar-refractivity contribution in [2.45, 2.75) is 38.8 Å². The van der Waals surface area contributed by atoms with Gasteiger partial charge in [-0.2, -0.15) is 0 Å². The Morgan fingerprint density at radius 3 is 2.07 bits per heavy atom. The van der Waals surface area contributed by atoms with E-state index in [1.54, 1.807) is 6.92 Å². The van der Waals surface area contributed by atoms with Gasteiger partial charge in [0.25, 0.3) is 5.91 Å². The molecular formula is C28H26Cl2F2N2O7.